The third-order valence-corrected chi connectivity index (χ3v) is 7.22. The first-order valence-corrected chi connectivity index (χ1v) is 11.7. The van der Waals surface area contributed by atoms with E-state index in [9.17, 15) is 19.2 Å². The third-order valence-electron chi connectivity index (χ3n) is 7.22. The van der Waals surface area contributed by atoms with E-state index in [1.54, 1.807) is 37.3 Å². The zero-order valence-corrected chi connectivity index (χ0v) is 20.0. The Hall–Kier alpha value is -3.30. The van der Waals surface area contributed by atoms with Gasteiger partial charge in [0.1, 0.15) is 5.75 Å². The molecule has 10 heteroatoms. The predicted octanol–water partition coefficient (Wildman–Crippen LogP) is 1.43. The standard InChI is InChI=1S/C24H32N4O6/c1-25-20-9-8-18(33-2)14-19(20)22(30)28(23(25)31)15-16-4-6-17(7-5-16)21(29)26-10-12-27(13-11-26)24(32)34-3/h8-9,14,16-17H,4-7,10-13,15H2,1-3H3. The van der Waals surface area contributed by atoms with Crippen molar-refractivity contribution in [3.63, 3.8) is 0 Å². The number of hydrogen-bond acceptors (Lipinski definition) is 6. The molecule has 1 saturated carbocycles. The molecule has 34 heavy (non-hydrogen) atoms. The summed E-state index contributed by atoms with van der Waals surface area (Å²) in [6.45, 7) is 2.33. The van der Waals surface area contributed by atoms with E-state index in [2.05, 4.69) is 0 Å². The van der Waals surface area contributed by atoms with E-state index in [1.807, 2.05) is 4.90 Å². The maximum atomic E-state index is 13.1. The highest BCUT2D eigenvalue weighted by molar-refractivity contribution is 5.80. The number of benzene rings is 1. The summed E-state index contributed by atoms with van der Waals surface area (Å²) in [6, 6.07) is 5.13. The average Bonchev–Trinajstić information content (AvgIpc) is 2.89. The number of piperazine rings is 1. The minimum Gasteiger partial charge on any atom is -0.497 e. The van der Waals surface area contributed by atoms with Gasteiger partial charge >= 0.3 is 11.8 Å². The molecule has 0 N–H and O–H groups in total. The molecule has 0 unspecified atom stereocenters. The van der Waals surface area contributed by atoms with E-state index < -0.39 is 0 Å². The molecule has 2 amide bonds. The van der Waals surface area contributed by atoms with Crippen molar-refractivity contribution < 1.29 is 19.1 Å². The van der Waals surface area contributed by atoms with Gasteiger partial charge < -0.3 is 19.3 Å². The van der Waals surface area contributed by atoms with Crippen molar-refractivity contribution in [1.29, 1.82) is 0 Å². The largest absolute Gasteiger partial charge is 0.497 e. The fourth-order valence-electron chi connectivity index (χ4n) is 5.13. The molecular formula is C24H32N4O6. The summed E-state index contributed by atoms with van der Waals surface area (Å²) in [5.74, 6) is 0.810. The van der Waals surface area contributed by atoms with E-state index in [0.717, 1.165) is 25.7 Å². The van der Waals surface area contributed by atoms with Gasteiger partial charge in [0.2, 0.25) is 5.91 Å². The number of amides is 2. The topological polar surface area (TPSA) is 103 Å². The highest BCUT2D eigenvalue weighted by atomic mass is 16.5. The maximum absolute atomic E-state index is 13.1. The molecule has 2 heterocycles. The summed E-state index contributed by atoms with van der Waals surface area (Å²) in [4.78, 5) is 54.1. The molecule has 2 aliphatic rings. The molecule has 10 nitrogen and oxygen atoms in total. The summed E-state index contributed by atoms with van der Waals surface area (Å²) in [7, 11) is 4.57. The number of nitrogens with zero attached hydrogens (tertiary/aromatic N) is 4. The zero-order valence-electron chi connectivity index (χ0n) is 20.0. The molecule has 1 aromatic carbocycles. The van der Waals surface area contributed by atoms with Crippen LogP contribution in [0, 0.1) is 11.8 Å². The second-order valence-electron chi connectivity index (χ2n) is 9.14. The smallest absolute Gasteiger partial charge is 0.409 e. The van der Waals surface area contributed by atoms with Crippen LogP contribution in [0.15, 0.2) is 27.8 Å². The van der Waals surface area contributed by atoms with Crippen LogP contribution in [0.1, 0.15) is 25.7 Å². The van der Waals surface area contributed by atoms with Crippen LogP contribution in [0.5, 0.6) is 5.75 Å². The average molecular weight is 473 g/mol. The first-order valence-electron chi connectivity index (χ1n) is 11.7. The number of carbonyl (C=O) groups excluding carboxylic acids is 2. The molecule has 0 radical (unpaired) electrons. The monoisotopic (exact) mass is 472 g/mol. The lowest BCUT2D eigenvalue weighted by atomic mass is 9.81. The van der Waals surface area contributed by atoms with Crippen LogP contribution in [0.2, 0.25) is 0 Å². The van der Waals surface area contributed by atoms with Crippen molar-refractivity contribution >= 4 is 22.9 Å². The van der Waals surface area contributed by atoms with Gasteiger partial charge in [-0.2, -0.15) is 0 Å². The minimum absolute atomic E-state index is 0.0543. The Balaban J connectivity index is 1.40. The van der Waals surface area contributed by atoms with Crippen LogP contribution in [0.4, 0.5) is 4.79 Å². The van der Waals surface area contributed by atoms with Gasteiger partial charge in [-0.05, 0) is 49.8 Å². The Kier molecular flexibility index (Phi) is 6.95. The van der Waals surface area contributed by atoms with Crippen LogP contribution < -0.4 is 16.0 Å². The Bertz CT molecular complexity index is 1190. The molecule has 1 aromatic heterocycles. The Labute approximate surface area is 197 Å². The third kappa shape index (κ3) is 4.53. The van der Waals surface area contributed by atoms with E-state index in [4.69, 9.17) is 9.47 Å². The van der Waals surface area contributed by atoms with Crippen LogP contribution in [-0.4, -0.2) is 71.3 Å². The molecule has 0 atom stereocenters. The van der Waals surface area contributed by atoms with Crippen molar-refractivity contribution in [2.24, 2.45) is 18.9 Å². The van der Waals surface area contributed by atoms with Gasteiger partial charge in [0.15, 0.2) is 0 Å². The summed E-state index contributed by atoms with van der Waals surface area (Å²) < 4.78 is 12.8. The molecule has 184 valence electrons. The molecule has 1 aliphatic carbocycles. The van der Waals surface area contributed by atoms with E-state index in [0.29, 0.717) is 49.4 Å². The maximum Gasteiger partial charge on any atom is 0.409 e. The van der Waals surface area contributed by atoms with Gasteiger partial charge in [0, 0.05) is 45.7 Å². The molecule has 2 fully saturated rings. The van der Waals surface area contributed by atoms with E-state index >= 15 is 0 Å². The molecule has 0 bridgehead atoms. The lowest BCUT2D eigenvalue weighted by molar-refractivity contribution is -0.138. The number of hydrogen-bond donors (Lipinski definition) is 0. The van der Waals surface area contributed by atoms with Crippen molar-refractivity contribution in [2.75, 3.05) is 40.4 Å². The van der Waals surface area contributed by atoms with Crippen molar-refractivity contribution in [1.82, 2.24) is 18.9 Å². The second kappa shape index (κ2) is 9.90. The number of aryl methyl sites for hydroxylation is 1. The fourth-order valence-corrected chi connectivity index (χ4v) is 5.13. The normalized spacial score (nSPS) is 20.9. The first kappa shape index (κ1) is 23.8. The van der Waals surface area contributed by atoms with Crippen LogP contribution in [-0.2, 0) is 23.1 Å². The van der Waals surface area contributed by atoms with E-state index in [-0.39, 0.29) is 35.1 Å². The lowest BCUT2D eigenvalue weighted by Gasteiger charge is -2.37. The Morgan fingerprint density at radius 3 is 2.24 bits per heavy atom. The number of aromatic nitrogens is 2. The Morgan fingerprint density at radius 1 is 0.971 bits per heavy atom. The van der Waals surface area contributed by atoms with Crippen molar-refractivity contribution in [2.45, 2.75) is 32.2 Å². The molecule has 1 aliphatic heterocycles. The second-order valence-corrected chi connectivity index (χ2v) is 9.14. The number of carbonyl (C=O) groups is 2. The van der Waals surface area contributed by atoms with Gasteiger partial charge in [0.25, 0.3) is 5.56 Å². The lowest BCUT2D eigenvalue weighted by Crippen LogP contribution is -2.52. The van der Waals surface area contributed by atoms with Gasteiger partial charge in [-0.3, -0.25) is 18.7 Å². The number of methoxy groups -OCH3 is 2. The molecule has 0 spiro atoms. The van der Waals surface area contributed by atoms with Crippen molar-refractivity contribution in [3.8, 4) is 5.75 Å². The summed E-state index contributed by atoms with van der Waals surface area (Å²) in [5.41, 5.74) is -0.0586. The van der Waals surface area contributed by atoms with Crippen LogP contribution in [0.25, 0.3) is 10.9 Å². The van der Waals surface area contributed by atoms with Crippen LogP contribution >= 0.6 is 0 Å². The zero-order chi connectivity index (χ0) is 24.4. The van der Waals surface area contributed by atoms with Crippen LogP contribution in [0.3, 0.4) is 0 Å². The molecule has 2 aromatic rings. The summed E-state index contributed by atoms with van der Waals surface area (Å²) >= 11 is 0. The van der Waals surface area contributed by atoms with Gasteiger partial charge in [-0.1, -0.05) is 0 Å². The van der Waals surface area contributed by atoms with Crippen molar-refractivity contribution in [3.05, 3.63) is 39.0 Å². The highest BCUT2D eigenvalue weighted by Crippen LogP contribution is 2.31. The molecule has 4 rings (SSSR count). The Morgan fingerprint density at radius 2 is 1.62 bits per heavy atom. The number of fused-ring (bicyclic) bond motifs is 1. The number of ether oxygens (including phenoxy) is 2. The molecular weight excluding hydrogens is 440 g/mol. The quantitative estimate of drug-likeness (QED) is 0.667. The summed E-state index contributed by atoms with van der Waals surface area (Å²) in [6.07, 6.45) is 2.67. The SMILES string of the molecule is COC(=O)N1CCN(C(=O)C2CCC(Cn3c(=O)c4cc(OC)ccc4n(C)c3=O)CC2)CC1. The number of rotatable bonds is 4. The predicted molar refractivity (Wildman–Crippen MR) is 126 cm³/mol. The highest BCUT2D eigenvalue weighted by Gasteiger charge is 2.32. The van der Waals surface area contributed by atoms with Gasteiger partial charge in [0.05, 0.1) is 25.1 Å². The van der Waals surface area contributed by atoms with E-state index in [1.165, 1.54) is 16.2 Å². The molecule has 1 saturated heterocycles. The minimum atomic E-state index is -0.360. The van der Waals surface area contributed by atoms with Gasteiger partial charge in [-0.25, -0.2) is 9.59 Å². The fraction of sp³-hybridized carbons (Fsp3) is 0.583. The summed E-state index contributed by atoms with van der Waals surface area (Å²) in [5, 5.41) is 0.455. The van der Waals surface area contributed by atoms with Gasteiger partial charge in [-0.15, -0.1) is 0 Å². The first-order chi connectivity index (χ1) is 16.3.